The number of nitrogens with zero attached hydrogens (tertiary/aromatic N) is 3. The molecule has 96 valence electrons. The summed E-state index contributed by atoms with van der Waals surface area (Å²) >= 11 is 0. The van der Waals surface area contributed by atoms with Crippen molar-refractivity contribution in [1.29, 1.82) is 0 Å². The fourth-order valence-electron chi connectivity index (χ4n) is 2.59. The molecule has 1 saturated heterocycles. The maximum atomic E-state index is 12.0. The summed E-state index contributed by atoms with van der Waals surface area (Å²) in [5.74, 6) is 0.676. The first-order valence-electron chi connectivity index (χ1n) is 6.59. The molecule has 1 aliphatic rings. The van der Waals surface area contributed by atoms with Crippen molar-refractivity contribution >= 4 is 5.65 Å². The average Bonchev–Trinajstić information content (AvgIpc) is 2.75. The Morgan fingerprint density at radius 1 is 1.44 bits per heavy atom. The van der Waals surface area contributed by atoms with Crippen LogP contribution in [0.5, 0.6) is 0 Å². The Balaban J connectivity index is 1.74. The molecule has 3 rings (SSSR count). The molecule has 0 aliphatic carbocycles. The predicted octanol–water partition coefficient (Wildman–Crippen LogP) is 0.886. The highest BCUT2D eigenvalue weighted by Crippen LogP contribution is 2.14. The SMILES string of the molecule is O=c1n(CCC2CCCNC2)nc2ccccn12. The zero-order valence-electron chi connectivity index (χ0n) is 10.4. The van der Waals surface area contributed by atoms with Crippen LogP contribution in [0.4, 0.5) is 0 Å². The molecule has 0 amide bonds. The maximum absolute atomic E-state index is 12.0. The van der Waals surface area contributed by atoms with Crippen LogP contribution in [0.15, 0.2) is 29.2 Å². The lowest BCUT2D eigenvalue weighted by molar-refractivity contribution is 0.334. The smallest absolute Gasteiger partial charge is 0.316 e. The number of aryl methyl sites for hydroxylation is 1. The number of aromatic nitrogens is 3. The van der Waals surface area contributed by atoms with Crippen molar-refractivity contribution in [2.75, 3.05) is 13.1 Å². The second-order valence-corrected chi connectivity index (χ2v) is 4.94. The Morgan fingerprint density at radius 2 is 2.39 bits per heavy atom. The molecule has 0 bridgehead atoms. The van der Waals surface area contributed by atoms with Crippen molar-refractivity contribution in [3.05, 3.63) is 34.9 Å². The van der Waals surface area contributed by atoms with Gasteiger partial charge in [-0.25, -0.2) is 9.48 Å². The molecule has 0 saturated carbocycles. The lowest BCUT2D eigenvalue weighted by atomic mass is 9.96. The number of rotatable bonds is 3. The third-order valence-corrected chi connectivity index (χ3v) is 3.64. The van der Waals surface area contributed by atoms with Gasteiger partial charge in [-0.15, -0.1) is 5.10 Å². The van der Waals surface area contributed by atoms with E-state index in [2.05, 4.69) is 10.4 Å². The van der Waals surface area contributed by atoms with Gasteiger partial charge in [-0.2, -0.15) is 0 Å². The lowest BCUT2D eigenvalue weighted by Crippen LogP contribution is -2.31. The molecular weight excluding hydrogens is 228 g/mol. The van der Waals surface area contributed by atoms with Crippen molar-refractivity contribution in [3.8, 4) is 0 Å². The number of nitrogens with one attached hydrogen (secondary N) is 1. The quantitative estimate of drug-likeness (QED) is 0.875. The van der Waals surface area contributed by atoms with Gasteiger partial charge in [-0.3, -0.25) is 4.40 Å². The summed E-state index contributed by atoms with van der Waals surface area (Å²) in [6, 6.07) is 5.61. The van der Waals surface area contributed by atoms with Crippen molar-refractivity contribution in [2.24, 2.45) is 5.92 Å². The monoisotopic (exact) mass is 246 g/mol. The van der Waals surface area contributed by atoms with Gasteiger partial charge in [0.2, 0.25) is 0 Å². The van der Waals surface area contributed by atoms with Crippen LogP contribution in [0, 0.1) is 5.92 Å². The summed E-state index contributed by atoms with van der Waals surface area (Å²) in [7, 11) is 0. The second kappa shape index (κ2) is 4.94. The maximum Gasteiger partial charge on any atom is 0.350 e. The zero-order chi connectivity index (χ0) is 12.4. The third kappa shape index (κ3) is 2.18. The first kappa shape index (κ1) is 11.5. The van der Waals surface area contributed by atoms with Gasteiger partial charge in [0, 0.05) is 12.7 Å². The number of fused-ring (bicyclic) bond motifs is 1. The Kier molecular flexibility index (Phi) is 3.15. The molecule has 2 aromatic rings. The zero-order valence-corrected chi connectivity index (χ0v) is 10.4. The number of piperidine rings is 1. The van der Waals surface area contributed by atoms with Crippen molar-refractivity contribution < 1.29 is 0 Å². The lowest BCUT2D eigenvalue weighted by Gasteiger charge is -2.22. The van der Waals surface area contributed by atoms with Crippen LogP contribution < -0.4 is 11.0 Å². The fourth-order valence-corrected chi connectivity index (χ4v) is 2.59. The van der Waals surface area contributed by atoms with E-state index in [1.54, 1.807) is 15.3 Å². The largest absolute Gasteiger partial charge is 0.350 e. The van der Waals surface area contributed by atoms with Crippen LogP contribution in [0.2, 0.25) is 0 Å². The minimum absolute atomic E-state index is 0.0330. The molecule has 18 heavy (non-hydrogen) atoms. The normalized spacial score (nSPS) is 20.3. The van der Waals surface area contributed by atoms with Crippen LogP contribution in [0.1, 0.15) is 19.3 Å². The molecule has 0 spiro atoms. The van der Waals surface area contributed by atoms with Crippen molar-refractivity contribution in [2.45, 2.75) is 25.8 Å². The highest BCUT2D eigenvalue weighted by molar-refractivity contribution is 5.35. The van der Waals surface area contributed by atoms with E-state index in [0.717, 1.165) is 25.2 Å². The topological polar surface area (TPSA) is 51.3 Å². The van der Waals surface area contributed by atoms with E-state index < -0.39 is 0 Å². The molecule has 5 nitrogen and oxygen atoms in total. The number of hydrogen-bond donors (Lipinski definition) is 1. The van der Waals surface area contributed by atoms with Gasteiger partial charge in [0.1, 0.15) is 0 Å². The minimum atomic E-state index is -0.0330. The summed E-state index contributed by atoms with van der Waals surface area (Å²) in [5.41, 5.74) is 0.693. The highest BCUT2D eigenvalue weighted by Gasteiger charge is 2.14. The molecule has 0 aromatic carbocycles. The summed E-state index contributed by atoms with van der Waals surface area (Å²) in [4.78, 5) is 12.0. The third-order valence-electron chi connectivity index (χ3n) is 3.64. The van der Waals surface area contributed by atoms with Gasteiger partial charge < -0.3 is 5.32 Å². The summed E-state index contributed by atoms with van der Waals surface area (Å²) in [6.45, 7) is 2.92. The van der Waals surface area contributed by atoms with E-state index in [0.29, 0.717) is 12.5 Å². The van der Waals surface area contributed by atoms with E-state index in [1.165, 1.54) is 12.8 Å². The highest BCUT2D eigenvalue weighted by atomic mass is 16.2. The molecule has 1 aliphatic heterocycles. The Bertz CT molecular complexity index is 580. The molecule has 1 N–H and O–H groups in total. The van der Waals surface area contributed by atoms with Gasteiger partial charge in [0.05, 0.1) is 0 Å². The second-order valence-electron chi connectivity index (χ2n) is 4.94. The van der Waals surface area contributed by atoms with Gasteiger partial charge in [-0.05, 0) is 50.4 Å². The molecular formula is C13H18N4O. The van der Waals surface area contributed by atoms with E-state index in [4.69, 9.17) is 0 Å². The Hall–Kier alpha value is -1.62. The molecule has 3 heterocycles. The summed E-state index contributed by atoms with van der Waals surface area (Å²) < 4.78 is 3.18. The molecule has 5 heteroatoms. The van der Waals surface area contributed by atoms with Crippen molar-refractivity contribution in [3.63, 3.8) is 0 Å². The van der Waals surface area contributed by atoms with E-state index in [-0.39, 0.29) is 5.69 Å². The number of hydrogen-bond acceptors (Lipinski definition) is 3. The standard InChI is InChI=1S/C13H18N4O/c18-13-16-8-2-1-5-12(16)15-17(13)9-6-11-4-3-7-14-10-11/h1-2,5,8,11,14H,3-4,6-7,9-10H2. The molecule has 1 fully saturated rings. The van der Waals surface area contributed by atoms with Crippen LogP contribution in [-0.2, 0) is 6.54 Å². The van der Waals surface area contributed by atoms with Gasteiger partial charge in [0.25, 0.3) is 0 Å². The molecule has 2 aromatic heterocycles. The average molecular weight is 246 g/mol. The molecule has 1 atom stereocenters. The minimum Gasteiger partial charge on any atom is -0.316 e. The van der Waals surface area contributed by atoms with E-state index in [9.17, 15) is 4.79 Å². The fraction of sp³-hybridized carbons (Fsp3) is 0.538. The molecule has 0 radical (unpaired) electrons. The Morgan fingerprint density at radius 3 is 3.17 bits per heavy atom. The predicted molar refractivity (Wildman–Crippen MR) is 69.7 cm³/mol. The van der Waals surface area contributed by atoms with Gasteiger partial charge in [0.15, 0.2) is 5.65 Å². The van der Waals surface area contributed by atoms with Crippen molar-refractivity contribution in [1.82, 2.24) is 19.5 Å². The summed E-state index contributed by atoms with van der Waals surface area (Å²) in [6.07, 6.45) is 5.29. The van der Waals surface area contributed by atoms with E-state index in [1.807, 2.05) is 18.2 Å². The Labute approximate surface area is 105 Å². The van der Waals surface area contributed by atoms with Crippen LogP contribution >= 0.6 is 0 Å². The van der Waals surface area contributed by atoms with Crippen LogP contribution in [-0.4, -0.2) is 27.3 Å². The number of pyridine rings is 1. The summed E-state index contributed by atoms with van der Waals surface area (Å²) in [5, 5.41) is 7.74. The first-order chi connectivity index (χ1) is 8.84. The first-order valence-corrected chi connectivity index (χ1v) is 6.59. The van der Waals surface area contributed by atoms with Crippen LogP contribution in [0.25, 0.3) is 5.65 Å². The molecule has 1 unspecified atom stereocenters. The van der Waals surface area contributed by atoms with E-state index >= 15 is 0 Å². The van der Waals surface area contributed by atoms with Gasteiger partial charge in [-0.1, -0.05) is 6.07 Å². The van der Waals surface area contributed by atoms with Gasteiger partial charge >= 0.3 is 5.69 Å². The van der Waals surface area contributed by atoms with Crippen LogP contribution in [0.3, 0.4) is 0 Å².